The third kappa shape index (κ3) is 2.88. The molecule has 5 heteroatoms. The Balaban J connectivity index is 2.24. The molecule has 0 aliphatic rings. The predicted octanol–water partition coefficient (Wildman–Crippen LogP) is 2.98. The Morgan fingerprint density at radius 3 is 2.45 bits per heavy atom. The van der Waals surface area contributed by atoms with Gasteiger partial charge in [0.2, 0.25) is 0 Å². The average Bonchev–Trinajstić information content (AvgIpc) is 2.85. The van der Waals surface area contributed by atoms with Gasteiger partial charge in [0.15, 0.2) is 0 Å². The third-order valence-corrected chi connectivity index (χ3v) is 3.82. The minimum Gasteiger partial charge on any atom is -0.355 e. The van der Waals surface area contributed by atoms with Crippen LogP contribution in [0, 0.1) is 13.8 Å². The van der Waals surface area contributed by atoms with Crippen molar-refractivity contribution >= 4 is 28.2 Å². The minimum absolute atomic E-state index is 0.199. The van der Waals surface area contributed by atoms with Crippen molar-refractivity contribution in [3.63, 3.8) is 0 Å². The second-order valence-electron chi connectivity index (χ2n) is 4.52. The molecule has 20 heavy (non-hydrogen) atoms. The van der Waals surface area contributed by atoms with E-state index in [0.29, 0.717) is 16.1 Å². The summed E-state index contributed by atoms with van der Waals surface area (Å²) in [4.78, 5) is 23.9. The highest BCUT2D eigenvalue weighted by molar-refractivity contribution is 7.14. The maximum Gasteiger partial charge on any atom is 0.256 e. The summed E-state index contributed by atoms with van der Waals surface area (Å²) in [5.41, 5.74) is 3.13. The Bertz CT molecular complexity index is 662. The summed E-state index contributed by atoms with van der Waals surface area (Å²) in [6.07, 6.45) is 0. The molecule has 0 atom stereocenters. The number of hydrogen-bond acceptors (Lipinski definition) is 3. The summed E-state index contributed by atoms with van der Waals surface area (Å²) in [6.45, 7) is 3.88. The number of amides is 2. The highest BCUT2D eigenvalue weighted by Crippen LogP contribution is 2.24. The van der Waals surface area contributed by atoms with Crippen LogP contribution < -0.4 is 10.6 Å². The van der Waals surface area contributed by atoms with E-state index in [9.17, 15) is 9.59 Å². The summed E-state index contributed by atoms with van der Waals surface area (Å²) in [7, 11) is 1.57. The molecule has 2 rings (SSSR count). The van der Waals surface area contributed by atoms with Crippen LogP contribution in [-0.4, -0.2) is 18.9 Å². The molecule has 0 aliphatic carbocycles. The van der Waals surface area contributed by atoms with Gasteiger partial charge in [0.1, 0.15) is 5.00 Å². The number of benzene rings is 1. The predicted molar refractivity (Wildman–Crippen MR) is 81.6 cm³/mol. The van der Waals surface area contributed by atoms with Gasteiger partial charge in [0.05, 0.1) is 5.56 Å². The van der Waals surface area contributed by atoms with Crippen molar-refractivity contribution in [3.8, 4) is 0 Å². The molecule has 0 saturated heterocycles. The zero-order valence-electron chi connectivity index (χ0n) is 11.6. The van der Waals surface area contributed by atoms with E-state index >= 15 is 0 Å². The standard InChI is InChI=1S/C15H16N2O2S/c1-9-4-5-11(10(2)8-9)14(19)17-15-12(6-7-20-15)13(18)16-3/h4-8H,1-3H3,(H,16,18)(H,17,19). The second-order valence-corrected chi connectivity index (χ2v) is 5.43. The summed E-state index contributed by atoms with van der Waals surface area (Å²) >= 11 is 1.33. The van der Waals surface area contributed by atoms with Crippen LogP contribution >= 0.6 is 11.3 Å². The molecule has 1 aromatic heterocycles. The fourth-order valence-corrected chi connectivity index (χ4v) is 2.74. The third-order valence-electron chi connectivity index (χ3n) is 2.99. The van der Waals surface area contributed by atoms with E-state index in [-0.39, 0.29) is 11.8 Å². The number of carbonyl (C=O) groups excluding carboxylic acids is 2. The fourth-order valence-electron chi connectivity index (χ4n) is 1.96. The maximum absolute atomic E-state index is 12.3. The molecule has 1 heterocycles. The number of thiophene rings is 1. The lowest BCUT2D eigenvalue weighted by molar-refractivity contribution is 0.0964. The quantitative estimate of drug-likeness (QED) is 0.912. The summed E-state index contributed by atoms with van der Waals surface area (Å²) in [6, 6.07) is 7.35. The molecular weight excluding hydrogens is 272 g/mol. The topological polar surface area (TPSA) is 58.2 Å². The fraction of sp³-hybridized carbons (Fsp3) is 0.200. The van der Waals surface area contributed by atoms with Crippen molar-refractivity contribution in [2.75, 3.05) is 12.4 Å². The Kier molecular flexibility index (Phi) is 4.20. The lowest BCUT2D eigenvalue weighted by Crippen LogP contribution is -2.20. The van der Waals surface area contributed by atoms with Crippen LogP contribution in [0.3, 0.4) is 0 Å². The van der Waals surface area contributed by atoms with Gasteiger partial charge in [-0.05, 0) is 36.9 Å². The van der Waals surface area contributed by atoms with Crippen molar-refractivity contribution < 1.29 is 9.59 Å². The van der Waals surface area contributed by atoms with Crippen molar-refractivity contribution in [2.45, 2.75) is 13.8 Å². The van der Waals surface area contributed by atoms with Crippen LogP contribution in [0.15, 0.2) is 29.6 Å². The van der Waals surface area contributed by atoms with Gasteiger partial charge in [-0.25, -0.2) is 0 Å². The second kappa shape index (κ2) is 5.88. The van der Waals surface area contributed by atoms with Crippen LogP contribution in [0.2, 0.25) is 0 Å². The number of nitrogens with one attached hydrogen (secondary N) is 2. The Hall–Kier alpha value is -2.14. The summed E-state index contributed by atoms with van der Waals surface area (Å²) in [5.74, 6) is -0.405. The molecule has 2 aromatic rings. The van der Waals surface area contributed by atoms with E-state index in [1.54, 1.807) is 24.6 Å². The molecule has 0 saturated carbocycles. The number of anilines is 1. The molecule has 1 aromatic carbocycles. The molecular formula is C15H16N2O2S. The van der Waals surface area contributed by atoms with Crippen LogP contribution in [0.5, 0.6) is 0 Å². The van der Waals surface area contributed by atoms with E-state index in [0.717, 1.165) is 11.1 Å². The normalized spacial score (nSPS) is 10.2. The molecule has 0 bridgehead atoms. The van der Waals surface area contributed by atoms with Gasteiger partial charge in [0.25, 0.3) is 11.8 Å². The van der Waals surface area contributed by atoms with Crippen molar-refractivity contribution in [1.29, 1.82) is 0 Å². The zero-order chi connectivity index (χ0) is 14.7. The van der Waals surface area contributed by atoms with Crippen molar-refractivity contribution in [2.24, 2.45) is 0 Å². The van der Waals surface area contributed by atoms with Gasteiger partial charge < -0.3 is 10.6 Å². The SMILES string of the molecule is CNC(=O)c1ccsc1NC(=O)c1ccc(C)cc1C. The Labute approximate surface area is 121 Å². The van der Waals surface area contributed by atoms with Crippen LogP contribution in [-0.2, 0) is 0 Å². The van der Waals surface area contributed by atoms with Gasteiger partial charge in [-0.3, -0.25) is 9.59 Å². The van der Waals surface area contributed by atoms with Crippen LogP contribution in [0.4, 0.5) is 5.00 Å². The number of hydrogen-bond donors (Lipinski definition) is 2. The van der Waals surface area contributed by atoms with Crippen molar-refractivity contribution in [1.82, 2.24) is 5.32 Å². The van der Waals surface area contributed by atoms with Gasteiger partial charge in [-0.2, -0.15) is 0 Å². The van der Waals surface area contributed by atoms with Crippen LogP contribution in [0.1, 0.15) is 31.8 Å². The smallest absolute Gasteiger partial charge is 0.256 e. The zero-order valence-corrected chi connectivity index (χ0v) is 12.4. The summed E-state index contributed by atoms with van der Waals surface area (Å²) < 4.78 is 0. The monoisotopic (exact) mass is 288 g/mol. The first-order valence-electron chi connectivity index (χ1n) is 6.21. The lowest BCUT2D eigenvalue weighted by atomic mass is 10.1. The molecule has 0 fully saturated rings. The largest absolute Gasteiger partial charge is 0.355 e. The molecule has 0 unspecified atom stereocenters. The molecule has 2 N–H and O–H groups in total. The first-order valence-corrected chi connectivity index (χ1v) is 7.09. The van der Waals surface area contributed by atoms with Gasteiger partial charge in [-0.15, -0.1) is 11.3 Å². The Morgan fingerprint density at radius 1 is 1.05 bits per heavy atom. The molecule has 104 valence electrons. The van der Waals surface area contributed by atoms with Crippen molar-refractivity contribution in [3.05, 3.63) is 51.9 Å². The van der Waals surface area contributed by atoms with E-state index < -0.39 is 0 Å². The molecule has 0 spiro atoms. The van der Waals surface area contributed by atoms with E-state index in [4.69, 9.17) is 0 Å². The summed E-state index contributed by atoms with van der Waals surface area (Å²) in [5, 5.41) is 7.70. The lowest BCUT2D eigenvalue weighted by Gasteiger charge is -2.08. The molecule has 4 nitrogen and oxygen atoms in total. The molecule has 0 aliphatic heterocycles. The van der Waals surface area contributed by atoms with E-state index in [2.05, 4.69) is 10.6 Å². The van der Waals surface area contributed by atoms with E-state index in [1.165, 1.54) is 11.3 Å². The molecule has 2 amide bonds. The first-order chi connectivity index (χ1) is 9.52. The van der Waals surface area contributed by atoms with Crippen LogP contribution in [0.25, 0.3) is 0 Å². The minimum atomic E-state index is -0.206. The highest BCUT2D eigenvalue weighted by atomic mass is 32.1. The number of rotatable bonds is 3. The average molecular weight is 288 g/mol. The van der Waals surface area contributed by atoms with Gasteiger partial charge in [-0.1, -0.05) is 17.7 Å². The highest BCUT2D eigenvalue weighted by Gasteiger charge is 2.15. The Morgan fingerprint density at radius 2 is 1.80 bits per heavy atom. The first kappa shape index (κ1) is 14.3. The van der Waals surface area contributed by atoms with Gasteiger partial charge >= 0.3 is 0 Å². The number of carbonyl (C=O) groups is 2. The maximum atomic E-state index is 12.3. The molecule has 0 radical (unpaired) electrons. The van der Waals surface area contributed by atoms with E-state index in [1.807, 2.05) is 26.0 Å². The van der Waals surface area contributed by atoms with Gasteiger partial charge in [0, 0.05) is 12.6 Å². The number of aryl methyl sites for hydroxylation is 2.